The highest BCUT2D eigenvalue weighted by molar-refractivity contribution is 7.07. The van der Waals surface area contributed by atoms with Crippen molar-refractivity contribution in [2.45, 2.75) is 0 Å². The minimum Gasteiger partial charge on any atom is -0.285 e. The lowest BCUT2D eigenvalue weighted by Crippen LogP contribution is -1.54. The second-order valence-electron chi connectivity index (χ2n) is 1.50. The maximum Gasteiger partial charge on any atom is 0.112 e. The van der Waals surface area contributed by atoms with Gasteiger partial charge >= 0.3 is 0 Å². The quantitative estimate of drug-likeness (QED) is 0.612. The van der Waals surface area contributed by atoms with Gasteiger partial charge < -0.3 is 0 Å². The number of hydrogen-bond donors (Lipinski definition) is 1. The fraction of sp³-hybridized carbons (Fsp3) is 0. The summed E-state index contributed by atoms with van der Waals surface area (Å²) in [7, 11) is 0. The summed E-state index contributed by atoms with van der Waals surface area (Å²) in [5, 5.41) is 10.1. The number of aromatic amines is 1. The Morgan fingerprint density at radius 1 is 1.30 bits per heavy atom. The molecule has 0 saturated heterocycles. The standard InChI is InChI=1S/C4H4S.C3H3N2/c2*1-2-4-5-3-1/h1-4H;1-2H,(H,4,5). The van der Waals surface area contributed by atoms with Crippen LogP contribution in [0.3, 0.4) is 0 Å². The average molecular weight is 151 g/mol. The molecule has 0 aliphatic rings. The fourth-order valence-corrected chi connectivity index (χ4v) is 0.867. The van der Waals surface area contributed by atoms with E-state index < -0.39 is 0 Å². The Labute approximate surface area is 63.5 Å². The fourth-order valence-electron chi connectivity index (χ4n) is 0.413. The summed E-state index contributed by atoms with van der Waals surface area (Å²) < 4.78 is 0. The highest BCUT2D eigenvalue weighted by Crippen LogP contribution is 1.91. The van der Waals surface area contributed by atoms with Crippen LogP contribution in [0, 0.1) is 6.20 Å². The van der Waals surface area contributed by atoms with Crippen LogP contribution in [0.25, 0.3) is 0 Å². The molecule has 0 atom stereocenters. The van der Waals surface area contributed by atoms with E-state index in [2.05, 4.69) is 16.4 Å². The summed E-state index contributed by atoms with van der Waals surface area (Å²) in [6.07, 6.45) is 4.26. The number of rotatable bonds is 0. The van der Waals surface area contributed by atoms with Gasteiger partial charge in [0.1, 0.15) is 6.20 Å². The van der Waals surface area contributed by atoms with Gasteiger partial charge in [-0.15, -0.1) is 0 Å². The first-order chi connectivity index (χ1) is 5.00. The van der Waals surface area contributed by atoms with Gasteiger partial charge in [0.2, 0.25) is 0 Å². The topological polar surface area (TPSA) is 28.7 Å². The number of aromatic nitrogens is 2. The zero-order chi connectivity index (χ0) is 7.07. The highest BCUT2D eigenvalue weighted by atomic mass is 32.1. The molecule has 0 aromatic carbocycles. The van der Waals surface area contributed by atoms with Crippen LogP contribution in [-0.4, -0.2) is 10.2 Å². The van der Waals surface area contributed by atoms with Crippen molar-refractivity contribution in [1.82, 2.24) is 10.2 Å². The van der Waals surface area contributed by atoms with Crippen LogP contribution >= 0.6 is 11.3 Å². The van der Waals surface area contributed by atoms with Crippen molar-refractivity contribution >= 4 is 11.3 Å². The maximum absolute atomic E-state index is 3.47. The summed E-state index contributed by atoms with van der Waals surface area (Å²) >= 11 is 1.71. The molecule has 0 unspecified atom stereocenters. The Balaban J connectivity index is 0.0000001000. The minimum atomic E-state index is 1.71. The van der Waals surface area contributed by atoms with E-state index in [0.717, 1.165) is 0 Å². The van der Waals surface area contributed by atoms with Crippen molar-refractivity contribution in [3.05, 3.63) is 41.4 Å². The van der Waals surface area contributed by atoms with Gasteiger partial charge in [-0.1, -0.05) is 12.1 Å². The summed E-state index contributed by atoms with van der Waals surface area (Å²) in [4.78, 5) is 0. The van der Waals surface area contributed by atoms with Gasteiger partial charge in [-0.25, -0.2) is 0 Å². The van der Waals surface area contributed by atoms with Crippen molar-refractivity contribution in [2.24, 2.45) is 0 Å². The van der Waals surface area contributed by atoms with Crippen molar-refractivity contribution < 1.29 is 0 Å². The van der Waals surface area contributed by atoms with E-state index >= 15 is 0 Å². The summed E-state index contributed by atoms with van der Waals surface area (Å²) in [6, 6.07) is 5.75. The predicted octanol–water partition coefficient (Wildman–Crippen LogP) is 1.96. The molecule has 0 spiro atoms. The smallest absolute Gasteiger partial charge is 0.112 e. The van der Waals surface area contributed by atoms with Crippen molar-refractivity contribution in [2.75, 3.05) is 0 Å². The van der Waals surface area contributed by atoms with Crippen molar-refractivity contribution in [3.63, 3.8) is 0 Å². The van der Waals surface area contributed by atoms with Crippen molar-refractivity contribution in [1.29, 1.82) is 0 Å². The van der Waals surface area contributed by atoms with Crippen LogP contribution in [0.15, 0.2) is 35.2 Å². The van der Waals surface area contributed by atoms with Crippen LogP contribution in [0.4, 0.5) is 0 Å². The second kappa shape index (κ2) is 4.76. The van der Waals surface area contributed by atoms with Crippen molar-refractivity contribution in [3.8, 4) is 0 Å². The predicted molar refractivity (Wildman–Crippen MR) is 41.7 cm³/mol. The first-order valence-corrected chi connectivity index (χ1v) is 3.77. The van der Waals surface area contributed by atoms with Crippen LogP contribution in [-0.2, 0) is 0 Å². The first-order valence-electron chi connectivity index (χ1n) is 2.83. The third-order valence-corrected chi connectivity index (χ3v) is 1.42. The molecular weight excluding hydrogens is 144 g/mol. The molecule has 51 valence electrons. The Bertz CT molecular complexity index is 151. The van der Waals surface area contributed by atoms with E-state index in [-0.39, 0.29) is 0 Å². The molecule has 0 aliphatic carbocycles. The third kappa shape index (κ3) is 3.04. The monoisotopic (exact) mass is 151 g/mol. The SMILES string of the molecule is [c]1cc[nH]n1.c1ccsc1. The van der Waals surface area contributed by atoms with Gasteiger partial charge in [-0.05, 0) is 16.8 Å². The van der Waals surface area contributed by atoms with E-state index in [1.54, 1.807) is 23.6 Å². The summed E-state index contributed by atoms with van der Waals surface area (Å²) in [5.41, 5.74) is 0. The number of nitrogens with one attached hydrogen (secondary N) is 1. The zero-order valence-electron chi connectivity index (χ0n) is 5.32. The average Bonchev–Trinajstić information content (AvgIpc) is 2.67. The molecule has 2 aromatic rings. The highest BCUT2D eigenvalue weighted by Gasteiger charge is 1.59. The number of hydrogen-bond acceptors (Lipinski definition) is 2. The number of thiophene rings is 1. The molecular formula is C7H7N2S. The lowest BCUT2D eigenvalue weighted by Gasteiger charge is -1.48. The molecule has 0 fully saturated rings. The molecule has 0 amide bonds. The van der Waals surface area contributed by atoms with Gasteiger partial charge in [0.05, 0.1) is 0 Å². The molecule has 3 heteroatoms. The summed E-state index contributed by atoms with van der Waals surface area (Å²) in [6.45, 7) is 0. The minimum absolute atomic E-state index is 1.71. The van der Waals surface area contributed by atoms with Crippen LogP contribution in [0.5, 0.6) is 0 Å². The second-order valence-corrected chi connectivity index (χ2v) is 2.31. The van der Waals surface area contributed by atoms with Gasteiger partial charge in [0, 0.05) is 6.20 Å². The van der Waals surface area contributed by atoms with E-state index in [1.807, 2.05) is 22.9 Å². The molecule has 2 rings (SSSR count). The van der Waals surface area contributed by atoms with E-state index in [0.29, 0.717) is 0 Å². The normalized spacial score (nSPS) is 8.00. The molecule has 1 radical (unpaired) electrons. The molecule has 0 aliphatic heterocycles. The van der Waals surface area contributed by atoms with Crippen LogP contribution < -0.4 is 0 Å². The van der Waals surface area contributed by atoms with Crippen LogP contribution in [0.1, 0.15) is 0 Å². The Morgan fingerprint density at radius 2 is 2.10 bits per heavy atom. The molecule has 10 heavy (non-hydrogen) atoms. The summed E-state index contributed by atoms with van der Waals surface area (Å²) in [5.74, 6) is 0. The Hall–Kier alpha value is -1.09. The van der Waals surface area contributed by atoms with Gasteiger partial charge in [-0.3, -0.25) is 5.10 Å². The lowest BCUT2D eigenvalue weighted by molar-refractivity contribution is 1.08. The largest absolute Gasteiger partial charge is 0.285 e. The van der Waals surface area contributed by atoms with E-state index in [1.165, 1.54) is 0 Å². The van der Waals surface area contributed by atoms with Gasteiger partial charge in [0.25, 0.3) is 0 Å². The van der Waals surface area contributed by atoms with E-state index in [4.69, 9.17) is 0 Å². The number of nitrogens with zero attached hydrogens (tertiary/aromatic N) is 1. The third-order valence-electron chi connectivity index (χ3n) is 0.787. The Morgan fingerprint density at radius 3 is 2.30 bits per heavy atom. The van der Waals surface area contributed by atoms with E-state index in [9.17, 15) is 0 Å². The lowest BCUT2D eigenvalue weighted by atomic mass is 10.7. The molecule has 2 aromatic heterocycles. The molecule has 1 N–H and O–H groups in total. The van der Waals surface area contributed by atoms with Gasteiger partial charge in [-0.2, -0.15) is 16.4 Å². The van der Waals surface area contributed by atoms with Crippen LogP contribution in [0.2, 0.25) is 0 Å². The molecule has 0 saturated carbocycles. The number of H-pyrrole nitrogens is 1. The molecule has 2 heterocycles. The van der Waals surface area contributed by atoms with Gasteiger partial charge in [0.15, 0.2) is 0 Å². The maximum atomic E-state index is 3.47. The molecule has 2 nitrogen and oxygen atoms in total. The Kier molecular flexibility index (Phi) is 3.34. The zero-order valence-corrected chi connectivity index (χ0v) is 6.14. The molecule has 0 bridgehead atoms. The first kappa shape index (κ1) is 7.02.